The predicted octanol–water partition coefficient (Wildman–Crippen LogP) is 5.41. The average molecular weight is 1360 g/mol. The van der Waals surface area contributed by atoms with Gasteiger partial charge in [-0.25, -0.2) is 0 Å². The summed E-state index contributed by atoms with van der Waals surface area (Å²) in [5.74, 6) is -4.41. The Balaban J connectivity index is 1.88. The van der Waals surface area contributed by atoms with E-state index >= 15 is 0 Å². The molecule has 2 unspecified atom stereocenters. The van der Waals surface area contributed by atoms with Gasteiger partial charge in [-0.3, -0.25) is 36.4 Å². The Kier molecular flexibility index (Phi) is 25.7. The molecular formula is C49H73N2O26S8+. The smallest absolute Gasteiger partial charge is 0.298 e. The summed E-state index contributed by atoms with van der Waals surface area (Å²) in [5, 5.41) is 0. The van der Waals surface area contributed by atoms with Gasteiger partial charge in [0, 0.05) is 47.5 Å². The molecule has 0 radical (unpaired) electrons. The Morgan fingerprint density at radius 3 is 1.29 bits per heavy atom. The number of allylic oxidation sites excluding steroid dienone is 8. The van der Waals surface area contributed by atoms with Crippen LogP contribution in [0.15, 0.2) is 82.3 Å². The molecule has 0 saturated heterocycles. The lowest BCUT2D eigenvalue weighted by atomic mass is 9.75. The van der Waals surface area contributed by atoms with Crippen LogP contribution in [0.25, 0.3) is 0 Å². The normalized spacial score (nSPS) is 18.8. The summed E-state index contributed by atoms with van der Waals surface area (Å²) in [6.07, 6.45) is 11.5. The van der Waals surface area contributed by atoms with Crippen LogP contribution >= 0.6 is 0 Å². The fourth-order valence-electron chi connectivity index (χ4n) is 10.0. The Hall–Kier alpha value is -4.25. The molecule has 0 fully saturated rings. The van der Waals surface area contributed by atoms with Crippen molar-refractivity contribution < 1.29 is 118 Å². The number of ether oxygens (including phenoxy) is 2. The molecule has 0 spiro atoms. The number of hydrogen-bond acceptors (Lipinski definition) is 19. The topological polar surface area (TPSA) is 460 Å². The molecule has 2 aliphatic rings. The number of fused-ring (bicyclic) bond motifs is 2. The van der Waals surface area contributed by atoms with Crippen molar-refractivity contribution in [2.24, 2.45) is 0 Å². The molecule has 28 nitrogen and oxygen atoms in total. The van der Waals surface area contributed by atoms with Gasteiger partial charge in [0.15, 0.2) is 5.71 Å². The lowest BCUT2D eigenvalue weighted by Crippen LogP contribution is -2.31. The molecule has 36 heteroatoms. The van der Waals surface area contributed by atoms with E-state index in [0.29, 0.717) is 22.5 Å². The van der Waals surface area contributed by atoms with Crippen molar-refractivity contribution in [3.8, 4) is 11.5 Å². The second-order valence-electron chi connectivity index (χ2n) is 20.8. The first-order chi connectivity index (χ1) is 38.9. The van der Waals surface area contributed by atoms with E-state index in [2.05, 4.69) is 0 Å². The van der Waals surface area contributed by atoms with Crippen molar-refractivity contribution in [2.75, 3.05) is 65.7 Å². The number of unbranched alkanes of at least 4 members (excludes halogenated alkanes) is 6. The molecule has 2 aromatic carbocycles. The molecule has 0 aliphatic carbocycles. The number of nitrogens with zero attached hydrogens (tertiary/aromatic N) is 2. The first kappa shape index (κ1) is 73.2. The van der Waals surface area contributed by atoms with Crippen molar-refractivity contribution in [3.63, 3.8) is 0 Å². The van der Waals surface area contributed by atoms with E-state index in [1.165, 1.54) is 12.1 Å². The van der Waals surface area contributed by atoms with Crippen LogP contribution in [0.4, 0.5) is 11.4 Å². The van der Waals surface area contributed by atoms with E-state index in [1.54, 1.807) is 65.9 Å². The van der Waals surface area contributed by atoms with Gasteiger partial charge in [0.25, 0.3) is 80.9 Å². The van der Waals surface area contributed by atoms with E-state index in [-0.39, 0.29) is 139 Å². The molecule has 482 valence electrons. The Morgan fingerprint density at radius 2 is 0.835 bits per heavy atom. The Morgan fingerprint density at radius 1 is 0.447 bits per heavy atom. The SMILES string of the molecule is CC1(CCCCS(=O)(=O)O)C(=CC=CC=CC=CC2=[N+](CCCCS(=O)(=O)O)c3cc(S(=O)(=O)O)c(OCCCCS(=O)(=O)O)cc3C2(C)CCCCS(=O)(=O)O)N(CCCCS(=O)(=O)O)c2cc(S(=O)(=O)O)c(OCCCCS(=O)(=O)O)cc21. The Bertz CT molecular complexity index is 3840. The van der Waals surface area contributed by atoms with Crippen LogP contribution in [-0.4, -0.2) is 175 Å². The second kappa shape index (κ2) is 29.8. The summed E-state index contributed by atoms with van der Waals surface area (Å²) < 4.78 is 281. The minimum Gasteiger partial charge on any atom is -0.492 e. The van der Waals surface area contributed by atoms with Crippen molar-refractivity contribution in [1.82, 2.24) is 0 Å². The van der Waals surface area contributed by atoms with Gasteiger partial charge in [0.2, 0.25) is 5.69 Å². The van der Waals surface area contributed by atoms with Gasteiger partial charge in [0.1, 0.15) is 27.8 Å². The summed E-state index contributed by atoms with van der Waals surface area (Å²) in [4.78, 5) is 0.249. The van der Waals surface area contributed by atoms with Crippen LogP contribution < -0.4 is 14.4 Å². The third-order valence-corrected chi connectivity index (χ3v) is 20.5. The number of benzene rings is 2. The summed E-state index contributed by atoms with van der Waals surface area (Å²) in [7, 11) is -36.4. The van der Waals surface area contributed by atoms with Crippen LogP contribution in [0, 0.1) is 0 Å². The highest BCUT2D eigenvalue weighted by Gasteiger charge is 2.49. The fraction of sp³-hybridized carbons (Fsp3) is 0.571. The highest BCUT2D eigenvalue weighted by Crippen LogP contribution is 2.53. The van der Waals surface area contributed by atoms with Crippen molar-refractivity contribution in [3.05, 3.63) is 83.6 Å². The zero-order chi connectivity index (χ0) is 64.1. The number of rotatable bonds is 38. The van der Waals surface area contributed by atoms with Gasteiger partial charge >= 0.3 is 0 Å². The first-order valence-corrected chi connectivity index (χ1v) is 38.9. The van der Waals surface area contributed by atoms with Gasteiger partial charge in [-0.15, -0.1) is 0 Å². The second-order valence-corrected chi connectivity index (χ2v) is 33.0. The van der Waals surface area contributed by atoms with Crippen LogP contribution in [0.1, 0.15) is 115 Å². The molecular weight excluding hydrogens is 1290 g/mol. The zero-order valence-corrected chi connectivity index (χ0v) is 52.9. The molecule has 2 atom stereocenters. The van der Waals surface area contributed by atoms with E-state index in [4.69, 9.17) is 18.6 Å². The average Bonchev–Trinajstić information content (AvgIpc) is 1.62. The molecule has 2 aromatic rings. The van der Waals surface area contributed by atoms with Gasteiger partial charge in [-0.2, -0.15) is 71.9 Å². The highest BCUT2D eigenvalue weighted by atomic mass is 32.2. The molecule has 0 amide bonds. The maximum Gasteiger partial charge on any atom is 0.298 e. The first-order valence-electron chi connectivity index (χ1n) is 26.4. The van der Waals surface area contributed by atoms with Crippen molar-refractivity contribution >= 4 is 98.0 Å². The maximum atomic E-state index is 12.9. The molecule has 0 bridgehead atoms. The maximum absolute atomic E-state index is 12.9. The van der Waals surface area contributed by atoms with Crippen molar-refractivity contribution in [1.29, 1.82) is 0 Å². The standard InChI is InChI=1S/C49H72N2O26S8/c1-48(22-8-14-28-78(52,53)54)38-34-42(76-26-12-18-32-82(64,65)66)44(84(70,71)72)36-40(38)50(24-10-16-30-80(58,59)60)46(48)20-6-4-3-5-7-21-47-49(2,23-9-15-29-79(55,56)57)39-35-43(77-27-13-19-33-83(67,68)69)45(85(73,74)75)37-41(39)51(47)25-11-17-31-81(61,62)63/h3-7,20-21,34-37H,8-19,22-33H2,1-2H3,(H7-,52,53,54,55,56,57,58,59,60,61,62,63,64,65,66,67,68,69,70,71,72,73,74,75)/p+1. The molecule has 2 heterocycles. The van der Waals surface area contributed by atoms with Crippen LogP contribution in [-0.2, 0) is 91.8 Å². The minimum atomic E-state index is -5.06. The quantitative estimate of drug-likeness (QED) is 0.0180. The lowest BCUT2D eigenvalue weighted by Gasteiger charge is -2.30. The number of anilines is 1. The van der Waals surface area contributed by atoms with Gasteiger partial charge in [0.05, 0.1) is 53.1 Å². The molecule has 0 saturated carbocycles. The largest absolute Gasteiger partial charge is 0.492 e. The monoisotopic (exact) mass is 1360 g/mol. The highest BCUT2D eigenvalue weighted by molar-refractivity contribution is 7.87. The third kappa shape index (κ3) is 24.0. The summed E-state index contributed by atoms with van der Waals surface area (Å²) >= 11 is 0. The predicted molar refractivity (Wildman–Crippen MR) is 314 cm³/mol. The number of hydrogen-bond donors (Lipinski definition) is 8. The summed E-state index contributed by atoms with van der Waals surface area (Å²) in [5.41, 5.74) is -0.275. The minimum absolute atomic E-state index is 0.0127. The van der Waals surface area contributed by atoms with Crippen LogP contribution in [0.5, 0.6) is 11.5 Å². The lowest BCUT2D eigenvalue weighted by molar-refractivity contribution is -0.438. The van der Waals surface area contributed by atoms with Crippen LogP contribution in [0.2, 0.25) is 0 Å². The van der Waals surface area contributed by atoms with Gasteiger partial charge < -0.3 is 14.4 Å². The van der Waals surface area contributed by atoms with Crippen molar-refractivity contribution in [2.45, 2.75) is 124 Å². The van der Waals surface area contributed by atoms with Crippen LogP contribution in [0.3, 0.4) is 0 Å². The fourth-order valence-corrected chi connectivity index (χ4v) is 14.7. The van der Waals surface area contributed by atoms with E-state index in [1.807, 2.05) is 0 Å². The zero-order valence-electron chi connectivity index (χ0n) is 46.4. The third-order valence-electron chi connectivity index (χ3n) is 13.9. The molecule has 8 N–H and O–H groups in total. The summed E-state index contributed by atoms with van der Waals surface area (Å²) in [6, 6.07) is 4.94. The molecule has 4 rings (SSSR count). The Labute approximate surface area is 497 Å². The summed E-state index contributed by atoms with van der Waals surface area (Å²) in [6.45, 7) is 2.90. The molecule has 2 aliphatic heterocycles. The van der Waals surface area contributed by atoms with E-state index in [0.717, 1.165) is 12.1 Å². The van der Waals surface area contributed by atoms with Gasteiger partial charge in [-0.05, 0) is 114 Å². The van der Waals surface area contributed by atoms with E-state index < -0.39 is 136 Å². The molecule has 85 heavy (non-hydrogen) atoms. The van der Waals surface area contributed by atoms with E-state index in [9.17, 15) is 94.7 Å². The molecule has 0 aromatic heterocycles. The van der Waals surface area contributed by atoms with Gasteiger partial charge in [-0.1, -0.05) is 43.2 Å².